The zero-order valence-electron chi connectivity index (χ0n) is 14.7. The standard InChI is InChI=1S/C19H29N3O3/c23-13-18(16-4-2-1-3-5-16)21-19(24)20-17-6-9-22(10-7-17)12-15-8-11-25-14-15/h1-5,15,17-18,23H,6-14H2,(H2,20,21,24)/t15-,18+/m0/s1. The highest BCUT2D eigenvalue weighted by Crippen LogP contribution is 2.18. The summed E-state index contributed by atoms with van der Waals surface area (Å²) >= 11 is 0. The van der Waals surface area contributed by atoms with E-state index in [-0.39, 0.29) is 24.7 Å². The predicted molar refractivity (Wildman–Crippen MR) is 96.3 cm³/mol. The first-order valence-electron chi connectivity index (χ1n) is 9.27. The van der Waals surface area contributed by atoms with Gasteiger partial charge >= 0.3 is 6.03 Å². The lowest BCUT2D eigenvalue weighted by molar-refractivity contribution is 0.147. The number of nitrogens with one attached hydrogen (secondary N) is 2. The van der Waals surface area contributed by atoms with Crippen molar-refractivity contribution in [3.63, 3.8) is 0 Å². The molecule has 0 bridgehead atoms. The molecule has 3 N–H and O–H groups in total. The molecule has 6 heteroatoms. The van der Waals surface area contributed by atoms with Crippen LogP contribution in [0.1, 0.15) is 30.9 Å². The molecule has 25 heavy (non-hydrogen) atoms. The summed E-state index contributed by atoms with van der Waals surface area (Å²) in [5, 5.41) is 15.5. The Morgan fingerprint density at radius 3 is 2.64 bits per heavy atom. The lowest BCUT2D eigenvalue weighted by Crippen LogP contribution is -2.49. The van der Waals surface area contributed by atoms with Gasteiger partial charge in [-0.05, 0) is 30.7 Å². The monoisotopic (exact) mass is 347 g/mol. The Morgan fingerprint density at radius 1 is 1.24 bits per heavy atom. The molecule has 2 atom stereocenters. The third kappa shape index (κ3) is 5.42. The summed E-state index contributed by atoms with van der Waals surface area (Å²) in [6, 6.07) is 9.17. The maximum atomic E-state index is 12.3. The van der Waals surface area contributed by atoms with Crippen LogP contribution in [0, 0.1) is 5.92 Å². The number of ether oxygens (including phenoxy) is 1. The van der Waals surface area contributed by atoms with Crippen molar-refractivity contribution in [2.45, 2.75) is 31.3 Å². The van der Waals surface area contributed by atoms with Gasteiger partial charge in [0.05, 0.1) is 19.3 Å². The minimum Gasteiger partial charge on any atom is -0.394 e. The van der Waals surface area contributed by atoms with Crippen molar-refractivity contribution < 1.29 is 14.6 Å². The molecule has 2 amide bonds. The molecule has 0 unspecified atom stereocenters. The number of piperidine rings is 1. The van der Waals surface area contributed by atoms with Gasteiger partial charge in [0.15, 0.2) is 0 Å². The minimum absolute atomic E-state index is 0.112. The molecule has 2 aliphatic rings. The van der Waals surface area contributed by atoms with E-state index in [0.29, 0.717) is 5.92 Å². The lowest BCUT2D eigenvalue weighted by Gasteiger charge is -2.33. The lowest BCUT2D eigenvalue weighted by atomic mass is 10.0. The Morgan fingerprint density at radius 2 is 2.00 bits per heavy atom. The molecule has 0 aromatic heterocycles. The van der Waals surface area contributed by atoms with Crippen LogP contribution < -0.4 is 10.6 Å². The van der Waals surface area contributed by atoms with Crippen molar-refractivity contribution in [3.05, 3.63) is 35.9 Å². The van der Waals surface area contributed by atoms with Gasteiger partial charge in [-0.2, -0.15) is 0 Å². The summed E-state index contributed by atoms with van der Waals surface area (Å²) in [7, 11) is 0. The maximum absolute atomic E-state index is 12.3. The summed E-state index contributed by atoms with van der Waals surface area (Å²) in [4.78, 5) is 14.7. The summed E-state index contributed by atoms with van der Waals surface area (Å²) in [6.07, 6.45) is 3.11. The highest BCUT2D eigenvalue weighted by atomic mass is 16.5. The van der Waals surface area contributed by atoms with E-state index in [1.165, 1.54) is 6.42 Å². The number of aliphatic hydroxyl groups excluding tert-OH is 1. The van der Waals surface area contributed by atoms with E-state index in [1.54, 1.807) is 0 Å². The molecule has 2 fully saturated rings. The van der Waals surface area contributed by atoms with Crippen LogP contribution in [0.4, 0.5) is 4.79 Å². The molecule has 0 radical (unpaired) electrons. The van der Waals surface area contributed by atoms with E-state index in [0.717, 1.165) is 51.3 Å². The number of rotatable bonds is 6. The number of nitrogens with zero attached hydrogens (tertiary/aromatic N) is 1. The Labute approximate surface area is 149 Å². The third-order valence-corrected chi connectivity index (χ3v) is 5.15. The van der Waals surface area contributed by atoms with Gasteiger partial charge in [0.1, 0.15) is 0 Å². The van der Waals surface area contributed by atoms with Crippen LogP contribution in [0.5, 0.6) is 0 Å². The van der Waals surface area contributed by atoms with Gasteiger partial charge in [-0.15, -0.1) is 0 Å². The minimum atomic E-state index is -0.372. The van der Waals surface area contributed by atoms with Crippen LogP contribution in [-0.4, -0.2) is 61.5 Å². The molecule has 0 spiro atoms. The first-order valence-corrected chi connectivity index (χ1v) is 9.27. The van der Waals surface area contributed by atoms with E-state index >= 15 is 0 Å². The van der Waals surface area contributed by atoms with Crippen molar-refractivity contribution in [2.24, 2.45) is 5.92 Å². The molecule has 0 saturated carbocycles. The number of hydrogen-bond acceptors (Lipinski definition) is 4. The summed E-state index contributed by atoms with van der Waals surface area (Å²) in [6.45, 7) is 4.82. The van der Waals surface area contributed by atoms with E-state index in [4.69, 9.17) is 4.74 Å². The number of amides is 2. The van der Waals surface area contributed by atoms with E-state index in [1.807, 2.05) is 30.3 Å². The number of aliphatic hydroxyl groups is 1. The SMILES string of the molecule is O=C(NC1CCN(C[C@@H]2CCOC2)CC1)N[C@H](CO)c1ccccc1. The van der Waals surface area contributed by atoms with Crippen LogP contribution >= 0.6 is 0 Å². The van der Waals surface area contributed by atoms with Crippen LogP contribution in [0.3, 0.4) is 0 Å². The average Bonchev–Trinajstić information content (AvgIpc) is 3.15. The second kappa shape index (κ2) is 9.17. The number of carbonyl (C=O) groups is 1. The van der Waals surface area contributed by atoms with Crippen LogP contribution in [0.25, 0.3) is 0 Å². The Hall–Kier alpha value is -1.63. The molecule has 1 aromatic rings. The summed E-state index contributed by atoms with van der Waals surface area (Å²) < 4.78 is 5.44. The second-order valence-corrected chi connectivity index (χ2v) is 7.07. The fourth-order valence-electron chi connectivity index (χ4n) is 3.66. The predicted octanol–water partition coefficient (Wildman–Crippen LogP) is 1.52. The highest BCUT2D eigenvalue weighted by molar-refractivity contribution is 5.74. The molecule has 138 valence electrons. The second-order valence-electron chi connectivity index (χ2n) is 7.07. The molecular formula is C19H29N3O3. The molecule has 2 heterocycles. The normalized spacial score (nSPS) is 23.3. The van der Waals surface area contributed by atoms with Gasteiger partial charge in [-0.25, -0.2) is 4.79 Å². The van der Waals surface area contributed by atoms with Gasteiger partial charge in [0.2, 0.25) is 0 Å². The van der Waals surface area contributed by atoms with Gasteiger partial charge in [0, 0.05) is 32.3 Å². The van der Waals surface area contributed by atoms with Crippen molar-refractivity contribution in [1.29, 1.82) is 0 Å². The zero-order chi connectivity index (χ0) is 17.5. The zero-order valence-corrected chi connectivity index (χ0v) is 14.7. The summed E-state index contributed by atoms with van der Waals surface area (Å²) in [5.41, 5.74) is 0.911. The number of benzene rings is 1. The van der Waals surface area contributed by atoms with Gasteiger partial charge in [0.25, 0.3) is 0 Å². The van der Waals surface area contributed by atoms with Gasteiger partial charge in [-0.1, -0.05) is 30.3 Å². The van der Waals surface area contributed by atoms with E-state index in [2.05, 4.69) is 15.5 Å². The van der Waals surface area contributed by atoms with Crippen molar-refractivity contribution in [1.82, 2.24) is 15.5 Å². The third-order valence-electron chi connectivity index (χ3n) is 5.15. The van der Waals surface area contributed by atoms with Gasteiger partial charge in [-0.3, -0.25) is 0 Å². The van der Waals surface area contributed by atoms with Gasteiger partial charge < -0.3 is 25.4 Å². The molecule has 3 rings (SSSR count). The van der Waals surface area contributed by atoms with Crippen molar-refractivity contribution in [2.75, 3.05) is 39.5 Å². The molecule has 2 saturated heterocycles. The number of carbonyl (C=O) groups excluding carboxylic acids is 1. The summed E-state index contributed by atoms with van der Waals surface area (Å²) in [5.74, 6) is 0.670. The molecular weight excluding hydrogens is 318 g/mol. The average molecular weight is 347 g/mol. The Kier molecular flexibility index (Phi) is 6.67. The Balaban J connectivity index is 1.39. The number of urea groups is 1. The van der Waals surface area contributed by atoms with E-state index in [9.17, 15) is 9.90 Å². The molecule has 1 aromatic carbocycles. The van der Waals surface area contributed by atoms with Crippen LogP contribution in [-0.2, 0) is 4.74 Å². The number of hydrogen-bond donors (Lipinski definition) is 3. The first kappa shape index (κ1) is 18.2. The first-order chi connectivity index (χ1) is 12.2. The smallest absolute Gasteiger partial charge is 0.315 e. The van der Waals surface area contributed by atoms with Crippen LogP contribution in [0.15, 0.2) is 30.3 Å². The van der Waals surface area contributed by atoms with Crippen molar-refractivity contribution >= 4 is 6.03 Å². The fourth-order valence-corrected chi connectivity index (χ4v) is 3.66. The van der Waals surface area contributed by atoms with Crippen molar-refractivity contribution in [3.8, 4) is 0 Å². The topological polar surface area (TPSA) is 73.8 Å². The highest BCUT2D eigenvalue weighted by Gasteiger charge is 2.25. The quantitative estimate of drug-likeness (QED) is 0.729. The maximum Gasteiger partial charge on any atom is 0.315 e. The molecule has 0 aliphatic carbocycles. The van der Waals surface area contributed by atoms with Crippen LogP contribution in [0.2, 0.25) is 0 Å². The largest absolute Gasteiger partial charge is 0.394 e. The Bertz CT molecular complexity index is 526. The molecule has 2 aliphatic heterocycles. The fraction of sp³-hybridized carbons (Fsp3) is 0.632. The number of likely N-dealkylation sites (tertiary alicyclic amines) is 1. The molecule has 6 nitrogen and oxygen atoms in total. The van der Waals surface area contributed by atoms with E-state index < -0.39 is 0 Å².